The number of ether oxygens (including phenoxy) is 5. The Balaban J connectivity index is 1.83. The predicted octanol–water partition coefficient (Wildman–Crippen LogP) is 7.60. The summed E-state index contributed by atoms with van der Waals surface area (Å²) in [6, 6.07) is 24.0. The van der Waals surface area contributed by atoms with Gasteiger partial charge in [0.25, 0.3) is 0 Å². The lowest BCUT2D eigenvalue weighted by Crippen LogP contribution is -2.25. The molecule has 0 fully saturated rings. The molecule has 0 saturated heterocycles. The minimum absolute atomic E-state index is 0.224. The van der Waals surface area contributed by atoms with Crippen LogP contribution in [0.3, 0.4) is 0 Å². The van der Waals surface area contributed by atoms with Gasteiger partial charge in [-0.2, -0.15) is 0 Å². The Morgan fingerprint density at radius 3 is 1.25 bits per heavy atom. The molecule has 0 spiro atoms. The average molecular weight is 601 g/mol. The van der Waals surface area contributed by atoms with Gasteiger partial charge in [0.1, 0.15) is 42.7 Å². The van der Waals surface area contributed by atoms with Crippen molar-refractivity contribution in [3.63, 3.8) is 0 Å². The van der Waals surface area contributed by atoms with Gasteiger partial charge in [-0.3, -0.25) is 0 Å². The van der Waals surface area contributed by atoms with Gasteiger partial charge >= 0.3 is 11.9 Å². The molecule has 7 nitrogen and oxygen atoms in total. The molecular formula is C37H44O7. The molecule has 0 radical (unpaired) electrons. The van der Waals surface area contributed by atoms with Crippen molar-refractivity contribution in [1.29, 1.82) is 0 Å². The first-order chi connectivity index (χ1) is 20.9. The smallest absolute Gasteiger partial charge is 0.333 e. The zero-order valence-electron chi connectivity index (χ0n) is 26.7. The summed E-state index contributed by atoms with van der Waals surface area (Å²) in [5.74, 6) is 1.30. The van der Waals surface area contributed by atoms with E-state index < -0.39 is 29.6 Å². The van der Waals surface area contributed by atoms with Crippen LogP contribution in [0.25, 0.3) is 0 Å². The quantitative estimate of drug-likeness (QED) is 0.0951. The maximum atomic E-state index is 11.8. The van der Waals surface area contributed by atoms with Gasteiger partial charge in [-0.1, -0.05) is 56.5 Å². The van der Waals surface area contributed by atoms with Crippen LogP contribution in [0.1, 0.15) is 64.7 Å². The second-order valence-corrected chi connectivity index (χ2v) is 11.2. The topological polar surface area (TPSA) is 80.3 Å². The fourth-order valence-electron chi connectivity index (χ4n) is 4.44. The molecule has 0 aliphatic carbocycles. The van der Waals surface area contributed by atoms with E-state index in [0.717, 1.165) is 28.9 Å². The molecule has 0 saturated carbocycles. The molecule has 0 aromatic heterocycles. The lowest BCUT2D eigenvalue weighted by Gasteiger charge is -2.32. The maximum Gasteiger partial charge on any atom is 0.333 e. The van der Waals surface area contributed by atoms with E-state index in [9.17, 15) is 9.59 Å². The standard InChI is InChI=1S/C37H44O7/c1-9-22-40-32-16-10-29(11-17-32)37(8,30-12-18-33(19-13-30)41-23-27(6)43-35(38)25(2)3)31-14-20-34(21-15-31)42-24-28(7)44-36(39)26(4)5/h10-21,27-28H,2,4,9,22-24H2,1,3,5-8H3. The third-order valence-corrected chi connectivity index (χ3v) is 7.05. The first kappa shape index (κ1) is 34.0. The van der Waals surface area contributed by atoms with E-state index in [4.69, 9.17) is 23.7 Å². The Kier molecular flexibility index (Phi) is 12.2. The maximum absolute atomic E-state index is 11.8. The van der Waals surface area contributed by atoms with Crippen LogP contribution in [-0.4, -0.2) is 44.0 Å². The van der Waals surface area contributed by atoms with Crippen LogP contribution >= 0.6 is 0 Å². The second-order valence-electron chi connectivity index (χ2n) is 11.2. The van der Waals surface area contributed by atoms with Crippen LogP contribution in [0.15, 0.2) is 97.1 Å². The van der Waals surface area contributed by atoms with E-state index in [1.807, 2.05) is 60.7 Å². The van der Waals surface area contributed by atoms with Crippen molar-refractivity contribution >= 4 is 11.9 Å². The highest BCUT2D eigenvalue weighted by Crippen LogP contribution is 2.40. The van der Waals surface area contributed by atoms with Gasteiger partial charge in [0.2, 0.25) is 0 Å². The van der Waals surface area contributed by atoms with Gasteiger partial charge in [-0.05, 0) is 94.1 Å². The van der Waals surface area contributed by atoms with Gasteiger partial charge in [-0.15, -0.1) is 0 Å². The van der Waals surface area contributed by atoms with Crippen molar-refractivity contribution < 1.29 is 33.3 Å². The number of hydrogen-bond acceptors (Lipinski definition) is 7. The Morgan fingerprint density at radius 1 is 0.636 bits per heavy atom. The summed E-state index contributed by atoms with van der Waals surface area (Å²) < 4.78 is 28.3. The molecule has 0 amide bonds. The molecule has 3 aromatic carbocycles. The van der Waals surface area contributed by atoms with Crippen LogP contribution < -0.4 is 14.2 Å². The van der Waals surface area contributed by atoms with Crippen molar-refractivity contribution in [1.82, 2.24) is 0 Å². The van der Waals surface area contributed by atoms with Crippen LogP contribution in [-0.2, 0) is 24.5 Å². The van der Waals surface area contributed by atoms with Crippen molar-refractivity contribution in [2.75, 3.05) is 19.8 Å². The minimum Gasteiger partial charge on any atom is -0.494 e. The zero-order chi connectivity index (χ0) is 32.3. The third-order valence-electron chi connectivity index (χ3n) is 7.05. The molecule has 0 aliphatic heterocycles. The number of hydrogen-bond donors (Lipinski definition) is 0. The van der Waals surface area contributed by atoms with Gasteiger partial charge in [0.15, 0.2) is 0 Å². The molecule has 7 heteroatoms. The van der Waals surface area contributed by atoms with Gasteiger partial charge in [-0.25, -0.2) is 9.59 Å². The van der Waals surface area contributed by atoms with Crippen molar-refractivity contribution in [3.05, 3.63) is 114 Å². The largest absolute Gasteiger partial charge is 0.494 e. The highest BCUT2D eigenvalue weighted by molar-refractivity contribution is 5.87. The van der Waals surface area contributed by atoms with Crippen molar-refractivity contribution in [2.45, 2.75) is 65.6 Å². The fourth-order valence-corrected chi connectivity index (χ4v) is 4.44. The highest BCUT2D eigenvalue weighted by Gasteiger charge is 2.31. The van der Waals surface area contributed by atoms with Gasteiger partial charge < -0.3 is 23.7 Å². The molecule has 3 aromatic rings. The monoisotopic (exact) mass is 600 g/mol. The fraction of sp³-hybridized carbons (Fsp3) is 0.351. The van der Waals surface area contributed by atoms with Crippen molar-refractivity contribution in [2.24, 2.45) is 0 Å². The Labute approximate surface area is 261 Å². The van der Waals surface area contributed by atoms with Gasteiger partial charge in [0.05, 0.1) is 6.61 Å². The first-order valence-electron chi connectivity index (χ1n) is 14.9. The molecule has 0 aliphatic rings. The van der Waals surface area contributed by atoms with Crippen LogP contribution in [0.5, 0.6) is 17.2 Å². The summed E-state index contributed by atoms with van der Waals surface area (Å²) in [5, 5.41) is 0. The Bertz CT molecular complexity index is 1320. The zero-order valence-corrected chi connectivity index (χ0v) is 26.7. The Morgan fingerprint density at radius 2 is 0.955 bits per heavy atom. The number of carbonyl (C=O) groups is 2. The lowest BCUT2D eigenvalue weighted by molar-refractivity contribution is -0.145. The average Bonchev–Trinajstić information content (AvgIpc) is 3.02. The first-order valence-corrected chi connectivity index (χ1v) is 14.9. The van der Waals surface area contributed by atoms with Crippen molar-refractivity contribution in [3.8, 4) is 17.2 Å². The summed E-state index contributed by atoms with van der Waals surface area (Å²) in [4.78, 5) is 23.6. The summed E-state index contributed by atoms with van der Waals surface area (Å²) in [6.07, 6.45) is 0.103. The summed E-state index contributed by atoms with van der Waals surface area (Å²) >= 11 is 0. The van der Waals surface area contributed by atoms with E-state index >= 15 is 0 Å². The molecule has 2 unspecified atom stereocenters. The number of rotatable bonds is 16. The molecule has 2 atom stereocenters. The second kappa shape index (κ2) is 15.8. The molecule has 44 heavy (non-hydrogen) atoms. The minimum atomic E-state index is -0.519. The molecule has 0 N–H and O–H groups in total. The lowest BCUT2D eigenvalue weighted by atomic mass is 9.71. The molecule has 234 valence electrons. The van der Waals surface area contributed by atoms with Crippen LogP contribution in [0.4, 0.5) is 0 Å². The van der Waals surface area contributed by atoms with Crippen LogP contribution in [0, 0.1) is 0 Å². The Hall–Kier alpha value is -4.52. The summed E-state index contributed by atoms with van der Waals surface area (Å²) in [7, 11) is 0. The SMILES string of the molecule is C=C(C)C(=O)OC(C)COc1ccc(C(C)(c2ccc(OCCC)cc2)c2ccc(OCC(C)OC(=O)C(=C)C)cc2)cc1. The van der Waals surface area contributed by atoms with E-state index in [-0.39, 0.29) is 13.2 Å². The van der Waals surface area contributed by atoms with E-state index in [1.54, 1.807) is 27.7 Å². The highest BCUT2D eigenvalue weighted by atomic mass is 16.6. The predicted molar refractivity (Wildman–Crippen MR) is 172 cm³/mol. The number of carbonyl (C=O) groups excluding carboxylic acids is 2. The van der Waals surface area contributed by atoms with E-state index in [0.29, 0.717) is 29.3 Å². The van der Waals surface area contributed by atoms with E-state index in [1.165, 1.54) is 0 Å². The normalized spacial score (nSPS) is 13.5. The molecule has 0 bridgehead atoms. The van der Waals surface area contributed by atoms with E-state index in [2.05, 4.69) is 39.1 Å². The molecule has 0 heterocycles. The summed E-state index contributed by atoms with van der Waals surface area (Å²) in [6.45, 7) is 19.4. The number of benzene rings is 3. The van der Waals surface area contributed by atoms with Crippen LogP contribution in [0.2, 0.25) is 0 Å². The third kappa shape index (κ3) is 9.24. The summed E-state index contributed by atoms with van der Waals surface area (Å²) in [5.41, 5.74) is 3.39. The number of esters is 2. The molecular weight excluding hydrogens is 556 g/mol. The van der Waals surface area contributed by atoms with Gasteiger partial charge in [0, 0.05) is 16.6 Å². The molecule has 3 rings (SSSR count).